The molecule has 1 unspecified atom stereocenters. The summed E-state index contributed by atoms with van der Waals surface area (Å²) in [5.41, 5.74) is 0. The van der Waals surface area contributed by atoms with Crippen molar-refractivity contribution in [2.45, 2.75) is 25.7 Å². The first kappa shape index (κ1) is 11.6. The fourth-order valence-corrected chi connectivity index (χ4v) is 2.62. The Morgan fingerprint density at radius 3 is 2.62 bits per heavy atom. The second kappa shape index (κ2) is 5.48. The summed E-state index contributed by atoms with van der Waals surface area (Å²) in [5.74, 6) is 0.691. The molecule has 1 atom stereocenters. The third-order valence-electron chi connectivity index (χ3n) is 3.71. The smallest absolute Gasteiger partial charge is 0.223 e. The van der Waals surface area contributed by atoms with Crippen LogP contribution in [0.25, 0.3) is 0 Å². The highest BCUT2D eigenvalue weighted by molar-refractivity contribution is 5.78. The maximum atomic E-state index is 11.7. The van der Waals surface area contributed by atoms with Gasteiger partial charge in [-0.25, -0.2) is 0 Å². The molecule has 0 aromatic carbocycles. The molecule has 0 aliphatic carbocycles. The fraction of sp³-hybridized carbons (Fsp3) is 0.769. The Balaban J connectivity index is 1.73. The summed E-state index contributed by atoms with van der Waals surface area (Å²) >= 11 is 0. The molecule has 0 aromatic rings. The number of hydrogen-bond donors (Lipinski definition) is 0. The van der Waals surface area contributed by atoms with E-state index in [1.165, 1.54) is 32.4 Å². The number of likely N-dealkylation sites (tertiary alicyclic amines) is 2. The number of carbonyl (C=O) groups is 1. The number of amides is 1. The Morgan fingerprint density at radius 2 is 2.00 bits per heavy atom. The average molecular weight is 222 g/mol. The summed E-state index contributed by atoms with van der Waals surface area (Å²) in [4.78, 5) is 16.2. The maximum Gasteiger partial charge on any atom is 0.223 e. The summed E-state index contributed by atoms with van der Waals surface area (Å²) in [6, 6.07) is 0. The highest BCUT2D eigenvalue weighted by Crippen LogP contribution is 2.18. The molecule has 0 aromatic heterocycles. The zero-order valence-corrected chi connectivity index (χ0v) is 10.0. The average Bonchev–Trinajstić information content (AvgIpc) is 2.69. The van der Waals surface area contributed by atoms with E-state index in [1.807, 2.05) is 11.0 Å². The van der Waals surface area contributed by atoms with Crippen molar-refractivity contribution in [2.24, 2.45) is 5.92 Å². The van der Waals surface area contributed by atoms with E-state index in [2.05, 4.69) is 11.5 Å². The molecule has 2 aliphatic rings. The Labute approximate surface area is 98.1 Å². The van der Waals surface area contributed by atoms with Crippen LogP contribution >= 0.6 is 0 Å². The van der Waals surface area contributed by atoms with Crippen LogP contribution in [0.4, 0.5) is 0 Å². The molecule has 2 fully saturated rings. The molecule has 0 radical (unpaired) electrons. The lowest BCUT2D eigenvalue weighted by Gasteiger charge is -2.28. The minimum atomic E-state index is 0.307. The van der Waals surface area contributed by atoms with Crippen molar-refractivity contribution in [3.63, 3.8) is 0 Å². The molecule has 0 N–H and O–H groups in total. The molecule has 90 valence electrons. The van der Waals surface area contributed by atoms with Crippen LogP contribution in [0.15, 0.2) is 12.7 Å². The maximum absolute atomic E-state index is 11.7. The molecular weight excluding hydrogens is 200 g/mol. The molecule has 3 heteroatoms. The van der Waals surface area contributed by atoms with Crippen molar-refractivity contribution in [1.82, 2.24) is 9.80 Å². The number of hydrogen-bond acceptors (Lipinski definition) is 2. The van der Waals surface area contributed by atoms with Crippen molar-refractivity contribution in [1.29, 1.82) is 0 Å². The first-order chi connectivity index (χ1) is 7.79. The minimum Gasteiger partial charge on any atom is -0.341 e. The van der Waals surface area contributed by atoms with E-state index >= 15 is 0 Å². The Hall–Kier alpha value is -0.830. The van der Waals surface area contributed by atoms with Gasteiger partial charge in [0.1, 0.15) is 0 Å². The molecule has 2 aliphatic heterocycles. The first-order valence-electron chi connectivity index (χ1n) is 6.42. The summed E-state index contributed by atoms with van der Waals surface area (Å²) in [6.45, 7) is 9.04. The van der Waals surface area contributed by atoms with Gasteiger partial charge in [-0.1, -0.05) is 12.5 Å². The molecule has 2 saturated heterocycles. The van der Waals surface area contributed by atoms with Crippen molar-refractivity contribution < 1.29 is 4.79 Å². The molecule has 1 amide bonds. The van der Waals surface area contributed by atoms with E-state index in [0.717, 1.165) is 19.6 Å². The van der Waals surface area contributed by atoms with Crippen LogP contribution in [-0.4, -0.2) is 48.4 Å². The van der Waals surface area contributed by atoms with Gasteiger partial charge >= 0.3 is 0 Å². The normalized spacial score (nSPS) is 27.4. The fourth-order valence-electron chi connectivity index (χ4n) is 2.62. The van der Waals surface area contributed by atoms with E-state index in [9.17, 15) is 4.79 Å². The number of rotatable bonds is 4. The summed E-state index contributed by atoms with van der Waals surface area (Å²) < 4.78 is 0. The number of nitrogens with zero attached hydrogens (tertiary/aromatic N) is 2. The van der Waals surface area contributed by atoms with Gasteiger partial charge in [0, 0.05) is 32.0 Å². The predicted octanol–water partition coefficient (Wildman–Crippen LogP) is 1.51. The van der Waals surface area contributed by atoms with E-state index in [-0.39, 0.29) is 0 Å². The highest BCUT2D eigenvalue weighted by Gasteiger charge is 2.27. The number of piperidine rings is 1. The first-order valence-corrected chi connectivity index (χ1v) is 6.42. The van der Waals surface area contributed by atoms with Crippen LogP contribution < -0.4 is 0 Å². The predicted molar refractivity (Wildman–Crippen MR) is 65.2 cm³/mol. The molecule has 2 heterocycles. The van der Waals surface area contributed by atoms with Gasteiger partial charge in [0.2, 0.25) is 5.91 Å². The summed E-state index contributed by atoms with van der Waals surface area (Å²) in [7, 11) is 0. The van der Waals surface area contributed by atoms with Crippen LogP contribution in [0.5, 0.6) is 0 Å². The van der Waals surface area contributed by atoms with Crippen LogP contribution in [0.2, 0.25) is 0 Å². The van der Waals surface area contributed by atoms with Gasteiger partial charge in [0.05, 0.1) is 0 Å². The molecule has 16 heavy (non-hydrogen) atoms. The van der Waals surface area contributed by atoms with Gasteiger partial charge in [-0.05, 0) is 25.9 Å². The SMILES string of the molecule is C=CC1CC(=O)N(CCN2CCCCC2)C1. The minimum absolute atomic E-state index is 0.307. The Morgan fingerprint density at radius 1 is 1.25 bits per heavy atom. The van der Waals surface area contributed by atoms with Crippen LogP contribution in [0.3, 0.4) is 0 Å². The lowest BCUT2D eigenvalue weighted by atomic mass is 10.1. The zero-order chi connectivity index (χ0) is 11.4. The molecule has 3 nitrogen and oxygen atoms in total. The van der Waals surface area contributed by atoms with Crippen molar-refractivity contribution >= 4 is 5.91 Å². The molecular formula is C13H22N2O. The largest absolute Gasteiger partial charge is 0.341 e. The second-order valence-corrected chi connectivity index (χ2v) is 4.94. The highest BCUT2D eigenvalue weighted by atomic mass is 16.2. The van der Waals surface area contributed by atoms with Crippen LogP contribution in [0.1, 0.15) is 25.7 Å². The van der Waals surface area contributed by atoms with Crippen LogP contribution in [-0.2, 0) is 4.79 Å². The zero-order valence-electron chi connectivity index (χ0n) is 10.0. The van der Waals surface area contributed by atoms with E-state index in [4.69, 9.17) is 0 Å². The molecule has 0 saturated carbocycles. The van der Waals surface area contributed by atoms with E-state index in [0.29, 0.717) is 18.2 Å². The van der Waals surface area contributed by atoms with Gasteiger partial charge < -0.3 is 9.80 Å². The van der Waals surface area contributed by atoms with Gasteiger partial charge in [0.15, 0.2) is 0 Å². The topological polar surface area (TPSA) is 23.6 Å². The standard InChI is InChI=1S/C13H22N2O/c1-2-12-10-13(16)15(11-12)9-8-14-6-4-3-5-7-14/h2,12H,1,3-11H2. The molecule has 0 spiro atoms. The monoisotopic (exact) mass is 222 g/mol. The van der Waals surface area contributed by atoms with Crippen LogP contribution in [0, 0.1) is 5.92 Å². The summed E-state index contributed by atoms with van der Waals surface area (Å²) in [5, 5.41) is 0. The van der Waals surface area contributed by atoms with Gasteiger partial charge in [-0.3, -0.25) is 4.79 Å². The lowest BCUT2D eigenvalue weighted by Crippen LogP contribution is -2.38. The van der Waals surface area contributed by atoms with Crippen molar-refractivity contribution in [2.75, 3.05) is 32.7 Å². The molecule has 2 rings (SSSR count). The van der Waals surface area contributed by atoms with Crippen molar-refractivity contribution in [3.8, 4) is 0 Å². The summed E-state index contributed by atoms with van der Waals surface area (Å²) in [6.07, 6.45) is 6.60. The lowest BCUT2D eigenvalue weighted by molar-refractivity contribution is -0.127. The quantitative estimate of drug-likeness (QED) is 0.673. The Kier molecular flexibility index (Phi) is 3.99. The van der Waals surface area contributed by atoms with Gasteiger partial charge in [-0.15, -0.1) is 6.58 Å². The van der Waals surface area contributed by atoms with Gasteiger partial charge in [-0.2, -0.15) is 0 Å². The third kappa shape index (κ3) is 2.85. The third-order valence-corrected chi connectivity index (χ3v) is 3.71. The van der Waals surface area contributed by atoms with Crippen molar-refractivity contribution in [3.05, 3.63) is 12.7 Å². The second-order valence-electron chi connectivity index (χ2n) is 4.94. The number of carbonyl (C=O) groups excluding carboxylic acids is 1. The molecule has 0 bridgehead atoms. The Bertz CT molecular complexity index is 259. The van der Waals surface area contributed by atoms with Gasteiger partial charge in [0.25, 0.3) is 0 Å². The van der Waals surface area contributed by atoms with E-state index < -0.39 is 0 Å². The van der Waals surface area contributed by atoms with E-state index in [1.54, 1.807) is 0 Å².